The number of nitrogens with zero attached hydrogens (tertiary/aromatic N) is 1. The summed E-state index contributed by atoms with van der Waals surface area (Å²) in [5.41, 5.74) is 6.55. The summed E-state index contributed by atoms with van der Waals surface area (Å²) in [6.07, 6.45) is 0.0372. The van der Waals surface area contributed by atoms with Crippen molar-refractivity contribution >= 4 is 23.2 Å². The molecule has 0 unspecified atom stereocenters. The molecule has 3 rings (SSSR count). The lowest BCUT2D eigenvalue weighted by Gasteiger charge is -2.37. The third kappa shape index (κ3) is 4.43. The number of hydrogen-bond donors (Lipinski definition) is 2. The predicted octanol–water partition coefficient (Wildman–Crippen LogP) is 2.79. The van der Waals surface area contributed by atoms with Crippen LogP contribution >= 0.6 is 0 Å². The first kappa shape index (κ1) is 18.8. The highest BCUT2D eigenvalue weighted by molar-refractivity contribution is 6.06. The summed E-state index contributed by atoms with van der Waals surface area (Å²) in [6, 6.07) is 10.6. The molecule has 2 aromatic carbocycles. The maximum Gasteiger partial charge on any atom is 0.255 e. The molecular weight excluding hydrogens is 349 g/mol. The molecule has 0 aromatic heterocycles. The minimum Gasteiger partial charge on any atom is -0.372 e. The van der Waals surface area contributed by atoms with E-state index in [4.69, 9.17) is 10.5 Å². The molecule has 0 aliphatic carbocycles. The van der Waals surface area contributed by atoms with Crippen LogP contribution in [-0.2, 0) is 4.74 Å². The van der Waals surface area contributed by atoms with Crippen LogP contribution in [0.15, 0.2) is 42.5 Å². The van der Waals surface area contributed by atoms with E-state index in [1.54, 1.807) is 24.3 Å². The van der Waals surface area contributed by atoms with E-state index < -0.39 is 17.6 Å². The Morgan fingerprint density at radius 2 is 1.78 bits per heavy atom. The number of nitrogens with two attached hydrogens (primary N) is 1. The number of ether oxygens (including phenoxy) is 1. The number of rotatable bonds is 4. The van der Waals surface area contributed by atoms with Crippen molar-refractivity contribution in [3.63, 3.8) is 0 Å². The Bertz CT molecular complexity index is 861. The fraction of sp³-hybridized carbons (Fsp3) is 0.300. The van der Waals surface area contributed by atoms with Gasteiger partial charge in [0.15, 0.2) is 0 Å². The van der Waals surface area contributed by atoms with Crippen molar-refractivity contribution in [2.45, 2.75) is 26.1 Å². The largest absolute Gasteiger partial charge is 0.372 e. The van der Waals surface area contributed by atoms with Gasteiger partial charge >= 0.3 is 0 Å². The monoisotopic (exact) mass is 371 g/mol. The Kier molecular flexibility index (Phi) is 5.41. The highest BCUT2D eigenvalue weighted by atomic mass is 19.1. The molecular formula is C20H22FN3O3. The van der Waals surface area contributed by atoms with Crippen LogP contribution in [0.25, 0.3) is 0 Å². The summed E-state index contributed by atoms with van der Waals surface area (Å²) in [7, 11) is 0. The van der Waals surface area contributed by atoms with E-state index in [9.17, 15) is 14.0 Å². The average Bonchev–Trinajstić information content (AvgIpc) is 2.61. The molecule has 1 aliphatic heterocycles. The number of primary amides is 1. The molecule has 27 heavy (non-hydrogen) atoms. The number of carbonyl (C=O) groups is 2. The third-order valence-electron chi connectivity index (χ3n) is 4.38. The molecule has 6 nitrogen and oxygen atoms in total. The van der Waals surface area contributed by atoms with Gasteiger partial charge < -0.3 is 20.7 Å². The average molecular weight is 371 g/mol. The molecule has 0 spiro atoms. The van der Waals surface area contributed by atoms with E-state index in [1.807, 2.05) is 18.7 Å². The predicted molar refractivity (Wildman–Crippen MR) is 102 cm³/mol. The highest BCUT2D eigenvalue weighted by Gasteiger charge is 2.24. The number of nitrogens with one attached hydrogen (secondary N) is 1. The van der Waals surface area contributed by atoms with Gasteiger partial charge in [-0.05, 0) is 50.2 Å². The van der Waals surface area contributed by atoms with Gasteiger partial charge in [0.1, 0.15) is 5.82 Å². The van der Waals surface area contributed by atoms with Crippen molar-refractivity contribution < 1.29 is 18.7 Å². The SMILES string of the molecule is C[C@@H]1CN(c2ccc(NC(=O)c3cccc(C(N)=O)c3)cc2F)C[C@H](C)O1. The minimum absolute atomic E-state index is 0.0186. The van der Waals surface area contributed by atoms with Crippen LogP contribution in [-0.4, -0.2) is 37.1 Å². The topological polar surface area (TPSA) is 84.7 Å². The number of amides is 2. The van der Waals surface area contributed by atoms with Gasteiger partial charge in [-0.3, -0.25) is 9.59 Å². The fourth-order valence-corrected chi connectivity index (χ4v) is 3.23. The molecule has 2 aromatic rings. The first-order valence-electron chi connectivity index (χ1n) is 8.74. The second kappa shape index (κ2) is 7.75. The summed E-state index contributed by atoms with van der Waals surface area (Å²) in [4.78, 5) is 25.5. The summed E-state index contributed by atoms with van der Waals surface area (Å²) < 4.78 is 20.3. The van der Waals surface area contributed by atoms with Crippen LogP contribution in [0.2, 0.25) is 0 Å². The molecule has 0 radical (unpaired) electrons. The van der Waals surface area contributed by atoms with Gasteiger partial charge in [0.2, 0.25) is 5.91 Å². The van der Waals surface area contributed by atoms with Crippen molar-refractivity contribution in [3.05, 3.63) is 59.4 Å². The highest BCUT2D eigenvalue weighted by Crippen LogP contribution is 2.26. The van der Waals surface area contributed by atoms with Gasteiger partial charge in [0, 0.05) is 29.9 Å². The standard InChI is InChI=1S/C20H22FN3O3/c1-12-10-24(11-13(2)27-12)18-7-6-16(9-17(18)21)23-20(26)15-5-3-4-14(8-15)19(22)25/h3-9,12-13H,10-11H2,1-2H3,(H2,22,25)(H,23,26)/t12-,13+. The molecule has 7 heteroatoms. The van der Waals surface area contributed by atoms with Crippen molar-refractivity contribution in [1.82, 2.24) is 0 Å². The number of halogens is 1. The molecule has 0 saturated carbocycles. The first-order chi connectivity index (χ1) is 12.8. The molecule has 1 saturated heterocycles. The van der Waals surface area contributed by atoms with Gasteiger partial charge in [-0.25, -0.2) is 4.39 Å². The number of morpholine rings is 1. The van der Waals surface area contributed by atoms with Gasteiger partial charge in [0.05, 0.1) is 17.9 Å². The number of carbonyl (C=O) groups excluding carboxylic acids is 2. The van der Waals surface area contributed by atoms with E-state index in [2.05, 4.69) is 5.32 Å². The Hall–Kier alpha value is -2.93. The Labute approximate surface area is 157 Å². The summed E-state index contributed by atoms with van der Waals surface area (Å²) in [5, 5.41) is 2.64. The molecule has 2 amide bonds. The molecule has 1 aliphatic rings. The lowest BCUT2D eigenvalue weighted by molar-refractivity contribution is -0.00539. The maximum atomic E-state index is 14.6. The van der Waals surface area contributed by atoms with Crippen molar-refractivity contribution in [2.24, 2.45) is 5.73 Å². The van der Waals surface area contributed by atoms with E-state index in [0.29, 0.717) is 24.5 Å². The van der Waals surface area contributed by atoms with Crippen LogP contribution in [0.4, 0.5) is 15.8 Å². The molecule has 1 fully saturated rings. The van der Waals surface area contributed by atoms with E-state index in [-0.39, 0.29) is 23.3 Å². The molecule has 142 valence electrons. The second-order valence-corrected chi connectivity index (χ2v) is 6.73. The Morgan fingerprint density at radius 3 is 2.41 bits per heavy atom. The molecule has 0 bridgehead atoms. The first-order valence-corrected chi connectivity index (χ1v) is 8.74. The minimum atomic E-state index is -0.617. The van der Waals surface area contributed by atoms with Crippen LogP contribution in [0.5, 0.6) is 0 Å². The summed E-state index contributed by atoms with van der Waals surface area (Å²) >= 11 is 0. The van der Waals surface area contributed by atoms with Crippen LogP contribution in [0.1, 0.15) is 34.6 Å². The van der Waals surface area contributed by atoms with Gasteiger partial charge in [0.25, 0.3) is 5.91 Å². The lowest BCUT2D eigenvalue weighted by atomic mass is 10.1. The number of anilines is 2. The quantitative estimate of drug-likeness (QED) is 0.866. The second-order valence-electron chi connectivity index (χ2n) is 6.73. The van der Waals surface area contributed by atoms with E-state index in [0.717, 1.165) is 0 Å². The zero-order chi connectivity index (χ0) is 19.6. The number of hydrogen-bond acceptors (Lipinski definition) is 4. The lowest BCUT2D eigenvalue weighted by Crippen LogP contribution is -2.45. The van der Waals surface area contributed by atoms with Gasteiger partial charge in [-0.1, -0.05) is 6.07 Å². The normalized spacial score (nSPS) is 19.6. The van der Waals surface area contributed by atoms with Crippen LogP contribution < -0.4 is 16.0 Å². The van der Waals surface area contributed by atoms with E-state index >= 15 is 0 Å². The smallest absolute Gasteiger partial charge is 0.255 e. The van der Waals surface area contributed by atoms with E-state index in [1.165, 1.54) is 18.2 Å². The van der Waals surface area contributed by atoms with Crippen molar-refractivity contribution in [1.29, 1.82) is 0 Å². The molecule has 3 N–H and O–H groups in total. The summed E-state index contributed by atoms with van der Waals surface area (Å²) in [5.74, 6) is -1.48. The maximum absolute atomic E-state index is 14.6. The van der Waals surface area contributed by atoms with Crippen molar-refractivity contribution in [3.8, 4) is 0 Å². The summed E-state index contributed by atoms with van der Waals surface area (Å²) in [6.45, 7) is 5.12. The third-order valence-corrected chi connectivity index (χ3v) is 4.38. The van der Waals surface area contributed by atoms with Gasteiger partial charge in [-0.2, -0.15) is 0 Å². The molecule has 2 atom stereocenters. The Balaban J connectivity index is 1.75. The fourth-order valence-electron chi connectivity index (χ4n) is 3.23. The van der Waals surface area contributed by atoms with Crippen LogP contribution in [0.3, 0.4) is 0 Å². The molecule has 1 heterocycles. The Morgan fingerprint density at radius 1 is 1.11 bits per heavy atom. The zero-order valence-electron chi connectivity index (χ0n) is 15.2. The zero-order valence-corrected chi connectivity index (χ0v) is 15.2. The number of benzene rings is 2. The van der Waals surface area contributed by atoms with Crippen molar-refractivity contribution in [2.75, 3.05) is 23.3 Å². The van der Waals surface area contributed by atoms with Crippen LogP contribution in [0, 0.1) is 5.82 Å². The van der Waals surface area contributed by atoms with Gasteiger partial charge in [-0.15, -0.1) is 0 Å².